The van der Waals surface area contributed by atoms with Crippen molar-refractivity contribution in [3.05, 3.63) is 51.7 Å². The van der Waals surface area contributed by atoms with Gasteiger partial charge in [-0.2, -0.15) is 0 Å². The molecule has 0 atom stereocenters. The third-order valence-corrected chi connectivity index (χ3v) is 4.49. The number of amides is 1. The second-order valence-electron chi connectivity index (χ2n) is 4.14. The Morgan fingerprint density at radius 3 is 2.80 bits per heavy atom. The average molecular weight is 301 g/mol. The van der Waals surface area contributed by atoms with Gasteiger partial charge in [-0.3, -0.25) is 15.1 Å². The Labute approximate surface area is 124 Å². The normalized spacial score (nSPS) is 10.4. The van der Waals surface area contributed by atoms with E-state index in [1.54, 1.807) is 6.20 Å². The molecule has 1 amide bonds. The minimum absolute atomic E-state index is 0.112. The quantitative estimate of drug-likeness (QED) is 0.800. The highest BCUT2D eigenvalue weighted by Crippen LogP contribution is 2.24. The van der Waals surface area contributed by atoms with E-state index in [4.69, 9.17) is 0 Å². The van der Waals surface area contributed by atoms with Gasteiger partial charge in [0.15, 0.2) is 5.13 Å². The van der Waals surface area contributed by atoms with Crippen LogP contribution in [0, 0.1) is 6.92 Å². The molecular weight excluding hydrogens is 290 g/mol. The third kappa shape index (κ3) is 2.61. The van der Waals surface area contributed by atoms with Gasteiger partial charge < -0.3 is 0 Å². The molecule has 0 bridgehead atoms. The maximum absolute atomic E-state index is 12.1. The zero-order valence-electron chi connectivity index (χ0n) is 10.7. The van der Waals surface area contributed by atoms with Gasteiger partial charge in [-0.1, -0.05) is 6.07 Å². The minimum Gasteiger partial charge on any atom is -0.297 e. The number of carbonyl (C=O) groups excluding carboxylic acids is 1. The molecule has 3 aromatic heterocycles. The van der Waals surface area contributed by atoms with Crippen molar-refractivity contribution in [1.82, 2.24) is 9.97 Å². The second kappa shape index (κ2) is 5.52. The average Bonchev–Trinajstić information content (AvgIpc) is 3.09. The molecule has 3 rings (SSSR count). The van der Waals surface area contributed by atoms with Crippen molar-refractivity contribution in [1.29, 1.82) is 0 Å². The summed E-state index contributed by atoms with van der Waals surface area (Å²) in [6.45, 7) is 1.92. The number of nitrogens with zero attached hydrogens (tertiary/aromatic N) is 2. The van der Waals surface area contributed by atoms with Gasteiger partial charge in [-0.25, -0.2) is 4.98 Å². The lowest BCUT2D eigenvalue weighted by Gasteiger charge is -2.00. The van der Waals surface area contributed by atoms with Crippen molar-refractivity contribution < 1.29 is 4.79 Å². The van der Waals surface area contributed by atoms with Gasteiger partial charge in [0, 0.05) is 11.6 Å². The van der Waals surface area contributed by atoms with Gasteiger partial charge in [0.25, 0.3) is 5.91 Å². The smallest absolute Gasteiger partial charge is 0.267 e. The lowest BCUT2D eigenvalue weighted by atomic mass is 10.3. The van der Waals surface area contributed by atoms with Crippen LogP contribution in [0.2, 0.25) is 0 Å². The summed E-state index contributed by atoms with van der Waals surface area (Å²) in [6, 6.07) is 7.60. The Balaban J connectivity index is 1.78. The molecule has 0 aromatic carbocycles. The Morgan fingerprint density at radius 1 is 1.20 bits per heavy atom. The van der Waals surface area contributed by atoms with E-state index < -0.39 is 0 Å². The van der Waals surface area contributed by atoms with Crippen LogP contribution in [0.15, 0.2) is 41.2 Å². The molecule has 0 aliphatic heterocycles. The van der Waals surface area contributed by atoms with Crippen molar-refractivity contribution in [3.63, 3.8) is 0 Å². The van der Waals surface area contributed by atoms with E-state index >= 15 is 0 Å². The van der Waals surface area contributed by atoms with E-state index in [9.17, 15) is 4.79 Å². The van der Waals surface area contributed by atoms with Crippen molar-refractivity contribution >= 4 is 33.7 Å². The Morgan fingerprint density at radius 2 is 2.10 bits per heavy atom. The van der Waals surface area contributed by atoms with Gasteiger partial charge in [-0.05, 0) is 36.1 Å². The number of aryl methyl sites for hydroxylation is 1. The molecular formula is C14H11N3OS2. The highest BCUT2D eigenvalue weighted by Gasteiger charge is 2.13. The van der Waals surface area contributed by atoms with Crippen molar-refractivity contribution in [2.45, 2.75) is 6.92 Å². The summed E-state index contributed by atoms with van der Waals surface area (Å²) in [5.74, 6) is -0.112. The fourth-order valence-corrected chi connectivity index (χ4v) is 3.24. The van der Waals surface area contributed by atoms with E-state index in [1.807, 2.05) is 41.9 Å². The Hall–Kier alpha value is -2.05. The zero-order valence-corrected chi connectivity index (χ0v) is 12.3. The first-order valence-electron chi connectivity index (χ1n) is 5.96. The lowest BCUT2D eigenvalue weighted by Crippen LogP contribution is -2.11. The molecule has 0 aliphatic rings. The van der Waals surface area contributed by atoms with Crippen LogP contribution >= 0.6 is 22.7 Å². The number of nitrogens with one attached hydrogen (secondary N) is 1. The lowest BCUT2D eigenvalue weighted by molar-refractivity contribution is 0.103. The molecule has 0 spiro atoms. The summed E-state index contributed by atoms with van der Waals surface area (Å²) < 4.78 is 0. The Bertz CT molecular complexity index is 734. The van der Waals surface area contributed by atoms with Crippen LogP contribution in [0.25, 0.3) is 11.4 Å². The molecule has 0 radical (unpaired) electrons. The standard InChI is InChI=1S/C14H11N3OS2/c1-9-5-7-19-12(9)13(18)17-14-16-11(8-20-14)10-4-2-3-6-15-10/h2-8H,1H3,(H,16,17,18). The molecule has 100 valence electrons. The summed E-state index contributed by atoms with van der Waals surface area (Å²) in [5, 5.41) is 7.21. The zero-order chi connectivity index (χ0) is 13.9. The fourth-order valence-electron chi connectivity index (χ4n) is 1.72. The van der Waals surface area contributed by atoms with Gasteiger partial charge in [-0.15, -0.1) is 22.7 Å². The molecule has 0 unspecified atom stereocenters. The molecule has 0 saturated carbocycles. The molecule has 3 heterocycles. The number of carbonyl (C=O) groups is 1. The number of pyridine rings is 1. The molecule has 20 heavy (non-hydrogen) atoms. The maximum Gasteiger partial charge on any atom is 0.267 e. The maximum atomic E-state index is 12.1. The highest BCUT2D eigenvalue weighted by molar-refractivity contribution is 7.14. The van der Waals surface area contributed by atoms with Crippen LogP contribution in [-0.4, -0.2) is 15.9 Å². The van der Waals surface area contributed by atoms with Crippen LogP contribution in [0.5, 0.6) is 0 Å². The Kier molecular flexibility index (Phi) is 3.58. The van der Waals surface area contributed by atoms with Crippen molar-refractivity contribution in [2.24, 2.45) is 0 Å². The van der Waals surface area contributed by atoms with Crippen LogP contribution < -0.4 is 5.32 Å². The number of hydrogen-bond acceptors (Lipinski definition) is 5. The first kappa shape index (κ1) is 13.0. The summed E-state index contributed by atoms with van der Waals surface area (Å²) in [4.78, 5) is 21.4. The van der Waals surface area contributed by atoms with Crippen LogP contribution in [0.1, 0.15) is 15.2 Å². The fraction of sp³-hybridized carbons (Fsp3) is 0.0714. The number of aromatic nitrogens is 2. The van der Waals surface area contributed by atoms with Crippen LogP contribution in [0.4, 0.5) is 5.13 Å². The first-order chi connectivity index (χ1) is 9.74. The monoisotopic (exact) mass is 301 g/mol. The predicted octanol–water partition coefficient (Wildman–Crippen LogP) is 3.83. The van der Waals surface area contributed by atoms with Gasteiger partial charge in [0.05, 0.1) is 10.6 Å². The van der Waals surface area contributed by atoms with E-state index in [0.717, 1.165) is 21.8 Å². The van der Waals surface area contributed by atoms with Crippen LogP contribution in [0.3, 0.4) is 0 Å². The van der Waals surface area contributed by atoms with E-state index in [-0.39, 0.29) is 5.91 Å². The molecule has 0 aliphatic carbocycles. The van der Waals surface area contributed by atoms with Crippen molar-refractivity contribution in [2.75, 3.05) is 5.32 Å². The number of thiazole rings is 1. The molecule has 6 heteroatoms. The number of thiophene rings is 1. The molecule has 3 aromatic rings. The summed E-state index contributed by atoms with van der Waals surface area (Å²) in [5.41, 5.74) is 2.55. The molecule has 0 fully saturated rings. The van der Waals surface area contributed by atoms with Crippen LogP contribution in [-0.2, 0) is 0 Å². The number of anilines is 1. The summed E-state index contributed by atoms with van der Waals surface area (Å²) in [6.07, 6.45) is 1.72. The molecule has 1 N–H and O–H groups in total. The van der Waals surface area contributed by atoms with E-state index in [1.165, 1.54) is 22.7 Å². The van der Waals surface area contributed by atoms with Gasteiger partial charge in [0.2, 0.25) is 0 Å². The summed E-state index contributed by atoms with van der Waals surface area (Å²) >= 11 is 2.83. The first-order valence-corrected chi connectivity index (χ1v) is 7.72. The highest BCUT2D eigenvalue weighted by atomic mass is 32.1. The number of hydrogen-bond donors (Lipinski definition) is 1. The van der Waals surface area contributed by atoms with E-state index in [0.29, 0.717) is 5.13 Å². The number of rotatable bonds is 3. The molecule has 4 nitrogen and oxygen atoms in total. The van der Waals surface area contributed by atoms with Gasteiger partial charge in [0.1, 0.15) is 5.69 Å². The summed E-state index contributed by atoms with van der Waals surface area (Å²) in [7, 11) is 0. The van der Waals surface area contributed by atoms with Crippen molar-refractivity contribution in [3.8, 4) is 11.4 Å². The van der Waals surface area contributed by atoms with Gasteiger partial charge >= 0.3 is 0 Å². The van der Waals surface area contributed by atoms with E-state index in [2.05, 4.69) is 15.3 Å². The second-order valence-corrected chi connectivity index (χ2v) is 5.91. The minimum atomic E-state index is -0.112. The predicted molar refractivity (Wildman–Crippen MR) is 82.4 cm³/mol. The third-order valence-electron chi connectivity index (χ3n) is 2.72. The SMILES string of the molecule is Cc1ccsc1C(=O)Nc1nc(-c2ccccn2)cs1. The largest absolute Gasteiger partial charge is 0.297 e. The topological polar surface area (TPSA) is 54.9 Å². The molecule has 0 saturated heterocycles.